The van der Waals surface area contributed by atoms with Crippen molar-refractivity contribution in [2.45, 2.75) is 12.4 Å². The van der Waals surface area contributed by atoms with Crippen LogP contribution in [0.4, 0.5) is 32.0 Å². The van der Waals surface area contributed by atoms with Gasteiger partial charge in [0, 0.05) is 0 Å². The third-order valence-electron chi connectivity index (χ3n) is 1.81. The normalized spacial score (nSPS) is 12.4. The average molecular weight is 342 g/mol. The van der Waals surface area contributed by atoms with Crippen LogP contribution in [0.2, 0.25) is 0 Å². The highest BCUT2D eigenvalue weighted by Gasteiger charge is 2.38. The minimum absolute atomic E-state index is 0.00912. The number of anilines is 1. The van der Waals surface area contributed by atoms with E-state index in [1.54, 1.807) is 5.43 Å². The van der Waals surface area contributed by atoms with Gasteiger partial charge in [0.05, 0.1) is 16.8 Å². The minimum atomic E-state index is -4.90. The Morgan fingerprint density at radius 3 is 1.71 bits per heavy atom. The maximum Gasteiger partial charge on any atom is 0.418 e. The van der Waals surface area contributed by atoms with Crippen molar-refractivity contribution >= 4 is 16.1 Å². The highest BCUT2D eigenvalue weighted by molar-refractivity contribution is 7.79. The Morgan fingerprint density at radius 1 is 1.00 bits per heavy atom. The number of nitrogens with one attached hydrogen (secondary N) is 1. The molecule has 0 amide bonds. The molecule has 0 bridgehead atoms. The van der Waals surface area contributed by atoms with Crippen molar-refractivity contribution in [3.63, 3.8) is 0 Å². The second kappa shape index (κ2) is 6.46. The zero-order chi connectivity index (χ0) is 17.1. The maximum absolute atomic E-state index is 12.3. The Morgan fingerprint density at radius 2 is 1.43 bits per heavy atom. The summed E-state index contributed by atoms with van der Waals surface area (Å²) in [5, 5.41) is 0. The molecule has 0 aliphatic carbocycles. The predicted octanol–water partition coefficient (Wildman–Crippen LogP) is 2.36. The van der Waals surface area contributed by atoms with E-state index in [0.717, 1.165) is 0 Å². The number of nitrogens with two attached hydrogens (primary N) is 1. The second-order valence-corrected chi connectivity index (χ2v) is 4.24. The number of rotatable bonds is 1. The van der Waals surface area contributed by atoms with E-state index < -0.39 is 39.6 Å². The Labute approximate surface area is 114 Å². The molecule has 0 radical (unpaired) electrons. The lowest BCUT2D eigenvalue weighted by Crippen LogP contribution is -2.16. The molecule has 5 N–H and O–H groups in total. The van der Waals surface area contributed by atoms with Crippen LogP contribution in [0.1, 0.15) is 11.1 Å². The number of nitrogen functional groups attached to an aromatic ring is 1. The van der Waals surface area contributed by atoms with Crippen LogP contribution in [0.25, 0.3) is 0 Å². The Bertz CT molecular complexity index is 575. The van der Waals surface area contributed by atoms with Gasteiger partial charge in [-0.1, -0.05) is 0 Å². The summed E-state index contributed by atoms with van der Waals surface area (Å²) in [5.74, 6) is 4.78. The van der Waals surface area contributed by atoms with E-state index in [2.05, 4.69) is 0 Å². The van der Waals surface area contributed by atoms with Gasteiger partial charge in [-0.15, -0.1) is 0 Å². The molecule has 0 aliphatic heterocycles. The first-order valence-electron chi connectivity index (χ1n) is 4.61. The van der Waals surface area contributed by atoms with Gasteiger partial charge in [-0.25, -0.2) is 0 Å². The topological polar surface area (TPSA) is 113 Å². The van der Waals surface area contributed by atoms with E-state index in [4.69, 9.17) is 23.4 Å². The highest BCUT2D eigenvalue weighted by atomic mass is 32.3. The number of hydrogen-bond donors (Lipinski definition) is 4. The molecule has 0 heterocycles. The van der Waals surface area contributed by atoms with Gasteiger partial charge in [0.1, 0.15) is 0 Å². The molecule has 0 aliphatic rings. The molecule has 13 heteroatoms. The molecule has 0 aromatic heterocycles. The van der Waals surface area contributed by atoms with Crippen molar-refractivity contribution in [1.82, 2.24) is 0 Å². The van der Waals surface area contributed by atoms with Gasteiger partial charge in [0.25, 0.3) is 0 Å². The lowest BCUT2D eigenvalue weighted by molar-refractivity contribution is -0.142. The lowest BCUT2D eigenvalue weighted by atomic mass is 10.1. The van der Waals surface area contributed by atoms with Crippen LogP contribution in [0.3, 0.4) is 0 Å². The quantitative estimate of drug-likeness (QED) is 0.270. The number of alkyl halides is 6. The number of hydrazine groups is 1. The summed E-state index contributed by atoms with van der Waals surface area (Å²) in [4.78, 5) is 0. The van der Waals surface area contributed by atoms with Crippen molar-refractivity contribution in [2.24, 2.45) is 5.84 Å². The number of halogens is 6. The van der Waals surface area contributed by atoms with E-state index in [-0.39, 0.29) is 6.07 Å². The largest absolute Gasteiger partial charge is 0.418 e. The summed E-state index contributed by atoms with van der Waals surface area (Å²) in [6, 6.07) is 1.16. The summed E-state index contributed by atoms with van der Waals surface area (Å²) in [7, 11) is -4.67. The van der Waals surface area contributed by atoms with Gasteiger partial charge in [0.2, 0.25) is 0 Å². The molecule has 6 nitrogen and oxygen atoms in total. The lowest BCUT2D eigenvalue weighted by Gasteiger charge is -2.15. The van der Waals surface area contributed by atoms with Crippen molar-refractivity contribution < 1.29 is 43.9 Å². The maximum atomic E-state index is 12.3. The van der Waals surface area contributed by atoms with Gasteiger partial charge < -0.3 is 5.43 Å². The molecule has 1 aromatic rings. The van der Waals surface area contributed by atoms with Crippen molar-refractivity contribution in [3.05, 3.63) is 29.3 Å². The molecule has 0 atom stereocenters. The Hall–Kier alpha value is -1.57. The first kappa shape index (κ1) is 19.4. The zero-order valence-corrected chi connectivity index (χ0v) is 10.5. The Kier molecular flexibility index (Phi) is 5.98. The van der Waals surface area contributed by atoms with Crippen LogP contribution >= 0.6 is 0 Å². The first-order chi connectivity index (χ1) is 9.16. The van der Waals surface area contributed by atoms with Gasteiger partial charge in [-0.3, -0.25) is 14.9 Å². The predicted molar refractivity (Wildman–Crippen MR) is 58.4 cm³/mol. The third-order valence-corrected chi connectivity index (χ3v) is 1.81. The summed E-state index contributed by atoms with van der Waals surface area (Å²) in [6.07, 6.45) is -9.73. The van der Waals surface area contributed by atoms with Crippen molar-refractivity contribution in [2.75, 3.05) is 5.43 Å². The molecule has 0 unspecified atom stereocenters. The number of benzene rings is 1. The molecule has 0 saturated heterocycles. The van der Waals surface area contributed by atoms with Crippen molar-refractivity contribution in [3.8, 4) is 0 Å². The first-order valence-corrected chi connectivity index (χ1v) is 6.01. The molecular weight excluding hydrogens is 334 g/mol. The molecule has 0 spiro atoms. The fourth-order valence-corrected chi connectivity index (χ4v) is 1.08. The van der Waals surface area contributed by atoms with Gasteiger partial charge >= 0.3 is 22.8 Å². The monoisotopic (exact) mass is 342 g/mol. The SMILES string of the molecule is NNc1ccc(C(F)(F)F)cc1C(F)(F)F.O=S(=O)(O)O. The summed E-state index contributed by atoms with van der Waals surface area (Å²) in [5.41, 5.74) is -1.75. The average Bonchev–Trinajstić information content (AvgIpc) is 2.23. The fourth-order valence-electron chi connectivity index (χ4n) is 1.08. The van der Waals surface area contributed by atoms with E-state index in [1.165, 1.54) is 0 Å². The van der Waals surface area contributed by atoms with Crippen LogP contribution in [0.15, 0.2) is 18.2 Å². The van der Waals surface area contributed by atoms with Crippen LogP contribution < -0.4 is 11.3 Å². The smallest absolute Gasteiger partial charge is 0.324 e. The van der Waals surface area contributed by atoms with Crippen LogP contribution in [-0.4, -0.2) is 17.5 Å². The van der Waals surface area contributed by atoms with Gasteiger partial charge in [-0.2, -0.15) is 34.8 Å². The number of hydrogen-bond acceptors (Lipinski definition) is 4. The molecule has 21 heavy (non-hydrogen) atoms. The molecule has 1 rings (SSSR count). The van der Waals surface area contributed by atoms with Gasteiger partial charge in [0.15, 0.2) is 0 Å². The summed E-state index contributed by atoms with van der Waals surface area (Å²) < 4.78 is 105. The molecule has 122 valence electrons. The standard InChI is InChI=1S/C8H6F6N2.H2O4S/c9-7(10,11)4-1-2-6(16-15)5(3-4)8(12,13)14;1-5(2,3)4/h1-3,16H,15H2;(H2,1,2,3,4). The Balaban J connectivity index is 0.000000690. The van der Waals surface area contributed by atoms with E-state index >= 15 is 0 Å². The summed E-state index contributed by atoms with van der Waals surface area (Å²) >= 11 is 0. The molecule has 0 fully saturated rings. The molecule has 0 saturated carbocycles. The minimum Gasteiger partial charge on any atom is -0.324 e. The van der Waals surface area contributed by atoms with E-state index in [0.29, 0.717) is 12.1 Å². The highest BCUT2D eigenvalue weighted by Crippen LogP contribution is 2.38. The van der Waals surface area contributed by atoms with Crippen LogP contribution in [0, 0.1) is 0 Å². The van der Waals surface area contributed by atoms with Crippen LogP contribution in [0.5, 0.6) is 0 Å². The second-order valence-electron chi connectivity index (χ2n) is 3.35. The molecule has 1 aromatic carbocycles. The third kappa shape index (κ3) is 7.69. The van der Waals surface area contributed by atoms with Crippen LogP contribution in [-0.2, 0) is 22.8 Å². The summed E-state index contributed by atoms with van der Waals surface area (Å²) in [6.45, 7) is 0. The fraction of sp³-hybridized carbons (Fsp3) is 0.250. The van der Waals surface area contributed by atoms with E-state index in [9.17, 15) is 26.3 Å². The van der Waals surface area contributed by atoms with Gasteiger partial charge in [-0.05, 0) is 18.2 Å². The van der Waals surface area contributed by atoms with Crippen molar-refractivity contribution in [1.29, 1.82) is 0 Å². The van der Waals surface area contributed by atoms with E-state index in [1.807, 2.05) is 0 Å². The molecular formula is C8H8F6N2O4S. The zero-order valence-electron chi connectivity index (χ0n) is 9.70.